The van der Waals surface area contributed by atoms with E-state index >= 15 is 0 Å². The first-order valence-corrected chi connectivity index (χ1v) is 9.34. The first kappa shape index (κ1) is 18.2. The molecule has 28 heavy (non-hydrogen) atoms. The van der Waals surface area contributed by atoms with E-state index < -0.39 is 0 Å². The van der Waals surface area contributed by atoms with Gasteiger partial charge in [0.1, 0.15) is 11.5 Å². The lowest BCUT2D eigenvalue weighted by Gasteiger charge is -2.27. The SMILES string of the molecule is O=C(c1ccc(Oc2cccnc2)cc1)N1CCC(CO)(c2ccccc2)C1. The van der Waals surface area contributed by atoms with Crippen molar-refractivity contribution in [3.63, 3.8) is 0 Å². The smallest absolute Gasteiger partial charge is 0.253 e. The van der Waals surface area contributed by atoms with Crippen molar-refractivity contribution in [2.24, 2.45) is 0 Å². The molecule has 2 aromatic carbocycles. The lowest BCUT2D eigenvalue weighted by Crippen LogP contribution is -2.37. The Labute approximate surface area is 164 Å². The molecule has 1 saturated heterocycles. The molecule has 0 bridgehead atoms. The van der Waals surface area contributed by atoms with Crippen LogP contribution in [0.4, 0.5) is 0 Å². The number of hydrogen-bond acceptors (Lipinski definition) is 4. The Balaban J connectivity index is 1.46. The number of likely N-dealkylation sites (tertiary alicyclic amines) is 1. The van der Waals surface area contributed by atoms with Gasteiger partial charge in [-0.1, -0.05) is 30.3 Å². The molecule has 1 unspecified atom stereocenters. The van der Waals surface area contributed by atoms with Gasteiger partial charge in [0.15, 0.2) is 0 Å². The van der Waals surface area contributed by atoms with E-state index in [2.05, 4.69) is 4.98 Å². The molecule has 1 N–H and O–H groups in total. The number of pyridine rings is 1. The fraction of sp³-hybridized carbons (Fsp3) is 0.217. The van der Waals surface area contributed by atoms with Gasteiger partial charge in [-0.05, 0) is 48.4 Å². The van der Waals surface area contributed by atoms with E-state index in [9.17, 15) is 9.90 Å². The predicted molar refractivity (Wildman–Crippen MR) is 106 cm³/mol. The van der Waals surface area contributed by atoms with Gasteiger partial charge in [0.25, 0.3) is 5.91 Å². The summed E-state index contributed by atoms with van der Waals surface area (Å²) >= 11 is 0. The fourth-order valence-electron chi connectivity index (χ4n) is 3.69. The molecule has 1 aliphatic rings. The number of benzene rings is 2. The molecular formula is C23H22N2O3. The minimum absolute atomic E-state index is 0.0265. The Morgan fingerprint density at radius 1 is 1.04 bits per heavy atom. The Bertz CT molecular complexity index is 929. The molecule has 5 heteroatoms. The number of hydrogen-bond donors (Lipinski definition) is 1. The van der Waals surface area contributed by atoms with Gasteiger partial charge in [-0.15, -0.1) is 0 Å². The third kappa shape index (κ3) is 3.62. The number of aliphatic hydroxyl groups is 1. The number of carbonyl (C=O) groups excluding carboxylic acids is 1. The number of nitrogens with zero attached hydrogens (tertiary/aromatic N) is 2. The van der Waals surface area contributed by atoms with E-state index in [-0.39, 0.29) is 17.9 Å². The molecule has 0 aliphatic carbocycles. The molecule has 1 atom stereocenters. The summed E-state index contributed by atoms with van der Waals surface area (Å²) in [6, 6.07) is 20.7. The maximum atomic E-state index is 12.9. The van der Waals surface area contributed by atoms with Crippen molar-refractivity contribution in [1.82, 2.24) is 9.88 Å². The van der Waals surface area contributed by atoms with Gasteiger partial charge < -0.3 is 14.7 Å². The van der Waals surface area contributed by atoms with E-state index in [1.807, 2.05) is 41.3 Å². The van der Waals surface area contributed by atoms with Gasteiger partial charge in [-0.2, -0.15) is 0 Å². The lowest BCUT2D eigenvalue weighted by molar-refractivity contribution is 0.0774. The number of ether oxygens (including phenoxy) is 1. The van der Waals surface area contributed by atoms with Crippen molar-refractivity contribution in [3.05, 3.63) is 90.3 Å². The monoisotopic (exact) mass is 374 g/mol. The van der Waals surface area contributed by atoms with Crippen molar-refractivity contribution in [1.29, 1.82) is 0 Å². The molecule has 1 aliphatic heterocycles. The maximum Gasteiger partial charge on any atom is 0.253 e. The predicted octanol–water partition coefficient (Wildman–Crippen LogP) is 3.65. The highest BCUT2D eigenvalue weighted by Gasteiger charge is 2.41. The summed E-state index contributed by atoms with van der Waals surface area (Å²) in [5, 5.41) is 10.1. The lowest BCUT2D eigenvalue weighted by atomic mass is 9.80. The van der Waals surface area contributed by atoms with Crippen molar-refractivity contribution in [2.45, 2.75) is 11.8 Å². The van der Waals surface area contributed by atoms with Gasteiger partial charge in [-0.3, -0.25) is 9.78 Å². The van der Waals surface area contributed by atoms with E-state index in [1.54, 1.807) is 42.7 Å². The van der Waals surface area contributed by atoms with E-state index in [1.165, 1.54) is 0 Å². The first-order valence-electron chi connectivity index (χ1n) is 9.34. The van der Waals surface area contributed by atoms with Crippen LogP contribution in [0.2, 0.25) is 0 Å². The summed E-state index contributed by atoms with van der Waals surface area (Å²) in [6.07, 6.45) is 4.08. The summed E-state index contributed by atoms with van der Waals surface area (Å²) in [4.78, 5) is 18.8. The molecule has 0 spiro atoms. The summed E-state index contributed by atoms with van der Waals surface area (Å²) in [7, 11) is 0. The largest absolute Gasteiger partial charge is 0.456 e. The van der Waals surface area contributed by atoms with E-state index in [0.717, 1.165) is 12.0 Å². The topological polar surface area (TPSA) is 62.7 Å². The minimum Gasteiger partial charge on any atom is -0.456 e. The van der Waals surface area contributed by atoms with Gasteiger partial charge in [0.05, 0.1) is 12.8 Å². The van der Waals surface area contributed by atoms with Crippen LogP contribution < -0.4 is 4.74 Å². The highest BCUT2D eigenvalue weighted by atomic mass is 16.5. The zero-order valence-corrected chi connectivity index (χ0v) is 15.5. The Morgan fingerprint density at radius 2 is 1.82 bits per heavy atom. The highest BCUT2D eigenvalue weighted by molar-refractivity contribution is 5.94. The number of amides is 1. The second-order valence-corrected chi connectivity index (χ2v) is 7.10. The highest BCUT2D eigenvalue weighted by Crippen LogP contribution is 2.35. The van der Waals surface area contributed by atoms with E-state index in [0.29, 0.717) is 30.2 Å². The van der Waals surface area contributed by atoms with Crippen LogP contribution in [-0.2, 0) is 5.41 Å². The van der Waals surface area contributed by atoms with Gasteiger partial charge in [0, 0.05) is 30.3 Å². The van der Waals surface area contributed by atoms with Gasteiger partial charge >= 0.3 is 0 Å². The average Bonchev–Trinajstić information content (AvgIpc) is 3.21. The zero-order chi connectivity index (χ0) is 19.4. The Kier molecular flexibility index (Phi) is 5.08. The maximum absolute atomic E-state index is 12.9. The van der Waals surface area contributed by atoms with Crippen molar-refractivity contribution in [2.75, 3.05) is 19.7 Å². The van der Waals surface area contributed by atoms with Crippen LogP contribution in [-0.4, -0.2) is 40.6 Å². The van der Waals surface area contributed by atoms with Crippen LogP contribution in [0.15, 0.2) is 79.1 Å². The van der Waals surface area contributed by atoms with Crippen LogP contribution in [0.3, 0.4) is 0 Å². The molecule has 0 radical (unpaired) electrons. The molecule has 0 saturated carbocycles. The molecule has 5 nitrogen and oxygen atoms in total. The third-order valence-electron chi connectivity index (χ3n) is 5.30. The Hall–Kier alpha value is -3.18. The normalized spacial score (nSPS) is 18.8. The van der Waals surface area contributed by atoms with Crippen LogP contribution >= 0.6 is 0 Å². The van der Waals surface area contributed by atoms with Crippen molar-refractivity contribution in [3.8, 4) is 11.5 Å². The number of aliphatic hydroxyl groups excluding tert-OH is 1. The molecule has 3 aromatic rings. The summed E-state index contributed by atoms with van der Waals surface area (Å²) in [5.74, 6) is 1.27. The number of carbonyl (C=O) groups is 1. The molecule has 4 rings (SSSR count). The fourth-order valence-corrected chi connectivity index (χ4v) is 3.69. The number of rotatable bonds is 5. The van der Waals surface area contributed by atoms with Crippen LogP contribution in [0.5, 0.6) is 11.5 Å². The molecule has 1 fully saturated rings. The standard InChI is InChI=1S/C23H22N2O3/c26-17-23(19-5-2-1-3-6-19)12-14-25(16-23)22(27)18-8-10-20(11-9-18)28-21-7-4-13-24-15-21/h1-11,13,15,26H,12,14,16-17H2. The second kappa shape index (κ2) is 7.82. The van der Waals surface area contributed by atoms with Crippen molar-refractivity contribution >= 4 is 5.91 Å². The van der Waals surface area contributed by atoms with Crippen molar-refractivity contribution < 1.29 is 14.6 Å². The van der Waals surface area contributed by atoms with E-state index in [4.69, 9.17) is 4.74 Å². The molecule has 142 valence electrons. The number of aromatic nitrogens is 1. The first-order chi connectivity index (χ1) is 13.7. The molecule has 2 heterocycles. The average molecular weight is 374 g/mol. The summed E-state index contributed by atoms with van der Waals surface area (Å²) < 4.78 is 5.73. The molecule has 1 aromatic heterocycles. The zero-order valence-electron chi connectivity index (χ0n) is 15.5. The summed E-state index contributed by atoms with van der Waals surface area (Å²) in [5.41, 5.74) is 1.30. The van der Waals surface area contributed by atoms with Crippen LogP contribution in [0, 0.1) is 0 Å². The molecular weight excluding hydrogens is 352 g/mol. The Morgan fingerprint density at radius 3 is 2.50 bits per heavy atom. The second-order valence-electron chi connectivity index (χ2n) is 7.10. The summed E-state index contributed by atoms with van der Waals surface area (Å²) in [6.45, 7) is 1.17. The quantitative estimate of drug-likeness (QED) is 0.740. The van der Waals surface area contributed by atoms with Gasteiger partial charge in [-0.25, -0.2) is 0 Å². The minimum atomic E-state index is -0.389. The third-order valence-corrected chi connectivity index (χ3v) is 5.30. The molecule has 1 amide bonds. The van der Waals surface area contributed by atoms with Crippen LogP contribution in [0.1, 0.15) is 22.3 Å². The van der Waals surface area contributed by atoms with Crippen LogP contribution in [0.25, 0.3) is 0 Å². The van der Waals surface area contributed by atoms with Gasteiger partial charge in [0.2, 0.25) is 0 Å².